The molecule has 1 heterocycles. The van der Waals surface area contributed by atoms with Gasteiger partial charge in [0.1, 0.15) is 0 Å². The molecule has 1 nitrogen and oxygen atoms in total. The molecule has 0 amide bonds. The summed E-state index contributed by atoms with van der Waals surface area (Å²) in [7, 11) is 0. The summed E-state index contributed by atoms with van der Waals surface area (Å²) in [6.45, 7) is 6.63. The summed E-state index contributed by atoms with van der Waals surface area (Å²) in [5.41, 5.74) is 2.68. The first-order chi connectivity index (χ1) is 9.20. The summed E-state index contributed by atoms with van der Waals surface area (Å²) in [4.78, 5) is 1.45. The van der Waals surface area contributed by atoms with Gasteiger partial charge < -0.3 is 5.32 Å². The fourth-order valence-electron chi connectivity index (χ4n) is 2.34. The number of hydrogen-bond acceptors (Lipinski definition) is 2. The Labute approximate surface area is 120 Å². The molecule has 0 saturated heterocycles. The topological polar surface area (TPSA) is 12.0 Å². The van der Waals surface area contributed by atoms with Crippen molar-refractivity contribution >= 4 is 11.3 Å². The van der Waals surface area contributed by atoms with Crippen LogP contribution in [0.5, 0.6) is 0 Å². The third kappa shape index (κ3) is 3.92. The van der Waals surface area contributed by atoms with Gasteiger partial charge in [0.05, 0.1) is 0 Å². The van der Waals surface area contributed by atoms with E-state index in [1.165, 1.54) is 28.8 Å². The maximum absolute atomic E-state index is 3.77. The summed E-state index contributed by atoms with van der Waals surface area (Å²) < 4.78 is 0. The van der Waals surface area contributed by atoms with E-state index >= 15 is 0 Å². The van der Waals surface area contributed by atoms with E-state index < -0.39 is 0 Å². The molecule has 1 aromatic heterocycles. The normalized spacial score (nSPS) is 14.3. The van der Waals surface area contributed by atoms with Crippen LogP contribution in [0.4, 0.5) is 0 Å². The van der Waals surface area contributed by atoms with Gasteiger partial charge in [0, 0.05) is 17.0 Å². The molecule has 0 radical (unpaired) electrons. The Hall–Kier alpha value is -1.12. The molecule has 1 aromatic carbocycles. The summed E-state index contributed by atoms with van der Waals surface area (Å²) in [6, 6.07) is 14.1. The lowest BCUT2D eigenvalue weighted by Crippen LogP contribution is -2.24. The van der Waals surface area contributed by atoms with Gasteiger partial charge in [-0.3, -0.25) is 0 Å². The number of aryl methyl sites for hydroxylation is 1. The summed E-state index contributed by atoms with van der Waals surface area (Å²) in [5.74, 6) is 0. The zero-order chi connectivity index (χ0) is 13.7. The van der Waals surface area contributed by atoms with Gasteiger partial charge in [-0.15, -0.1) is 11.3 Å². The number of hydrogen-bond donors (Lipinski definition) is 1. The zero-order valence-electron chi connectivity index (χ0n) is 12.0. The third-order valence-corrected chi connectivity index (χ3v) is 4.48. The third-order valence-electron chi connectivity index (χ3n) is 3.49. The summed E-state index contributed by atoms with van der Waals surface area (Å²) in [6.07, 6.45) is 2.40. The SMILES string of the molecule is CCCC(NC(C)c1ccc(C)cc1)c1cccs1. The Morgan fingerprint density at radius 2 is 1.89 bits per heavy atom. The van der Waals surface area contributed by atoms with E-state index in [0.717, 1.165) is 0 Å². The molecule has 2 atom stereocenters. The highest BCUT2D eigenvalue weighted by Gasteiger charge is 2.15. The van der Waals surface area contributed by atoms with Crippen molar-refractivity contribution in [1.82, 2.24) is 5.32 Å². The van der Waals surface area contributed by atoms with Crippen LogP contribution in [0.2, 0.25) is 0 Å². The van der Waals surface area contributed by atoms with Gasteiger partial charge in [-0.05, 0) is 37.3 Å². The van der Waals surface area contributed by atoms with Crippen LogP contribution in [0.25, 0.3) is 0 Å². The second kappa shape index (κ2) is 6.88. The molecule has 2 rings (SSSR count). The first-order valence-corrected chi connectivity index (χ1v) is 7.94. The average molecular weight is 273 g/mol. The second-order valence-corrected chi connectivity index (χ2v) is 6.13. The van der Waals surface area contributed by atoms with Gasteiger partial charge in [-0.25, -0.2) is 0 Å². The van der Waals surface area contributed by atoms with Crippen molar-refractivity contribution in [2.45, 2.75) is 45.7 Å². The quantitative estimate of drug-likeness (QED) is 0.758. The fraction of sp³-hybridized carbons (Fsp3) is 0.412. The van der Waals surface area contributed by atoms with Crippen LogP contribution in [0, 0.1) is 6.92 Å². The highest BCUT2D eigenvalue weighted by atomic mass is 32.1. The standard InChI is InChI=1S/C17H23NS/c1-4-6-16(17-7-5-12-19-17)18-14(3)15-10-8-13(2)9-11-15/h5,7-12,14,16,18H,4,6H2,1-3H3. The first kappa shape index (κ1) is 14.3. The minimum Gasteiger partial charge on any atom is -0.303 e. The molecule has 0 aliphatic carbocycles. The van der Waals surface area contributed by atoms with E-state index in [1.54, 1.807) is 0 Å². The Morgan fingerprint density at radius 1 is 1.16 bits per heavy atom. The molecule has 0 bridgehead atoms. The lowest BCUT2D eigenvalue weighted by atomic mass is 10.0. The van der Waals surface area contributed by atoms with Gasteiger partial charge in [-0.1, -0.05) is 49.2 Å². The maximum Gasteiger partial charge on any atom is 0.0419 e. The van der Waals surface area contributed by atoms with E-state index in [0.29, 0.717) is 12.1 Å². The van der Waals surface area contributed by atoms with Crippen molar-refractivity contribution in [2.24, 2.45) is 0 Å². The Balaban J connectivity index is 2.06. The zero-order valence-corrected chi connectivity index (χ0v) is 12.8. The van der Waals surface area contributed by atoms with E-state index in [-0.39, 0.29) is 0 Å². The van der Waals surface area contributed by atoms with Gasteiger partial charge in [-0.2, -0.15) is 0 Å². The average Bonchev–Trinajstić information content (AvgIpc) is 2.92. The van der Waals surface area contributed by atoms with E-state index in [2.05, 4.69) is 67.9 Å². The predicted molar refractivity (Wildman–Crippen MR) is 84.7 cm³/mol. The maximum atomic E-state index is 3.77. The van der Waals surface area contributed by atoms with Crippen LogP contribution < -0.4 is 5.32 Å². The Bertz CT molecular complexity index is 472. The molecule has 0 spiro atoms. The monoisotopic (exact) mass is 273 g/mol. The second-order valence-electron chi connectivity index (χ2n) is 5.16. The fourth-order valence-corrected chi connectivity index (χ4v) is 3.16. The van der Waals surface area contributed by atoms with Crippen molar-refractivity contribution in [2.75, 3.05) is 0 Å². The van der Waals surface area contributed by atoms with Crippen molar-refractivity contribution < 1.29 is 0 Å². The minimum absolute atomic E-state index is 0.388. The van der Waals surface area contributed by atoms with Crippen molar-refractivity contribution in [3.05, 3.63) is 57.8 Å². The largest absolute Gasteiger partial charge is 0.303 e. The summed E-state index contributed by atoms with van der Waals surface area (Å²) in [5, 5.41) is 5.93. The molecule has 1 N–H and O–H groups in total. The molecule has 0 aliphatic rings. The van der Waals surface area contributed by atoms with E-state index in [4.69, 9.17) is 0 Å². The van der Waals surface area contributed by atoms with Gasteiger partial charge in [0.2, 0.25) is 0 Å². The van der Waals surface area contributed by atoms with E-state index in [9.17, 15) is 0 Å². The van der Waals surface area contributed by atoms with Crippen LogP contribution in [-0.2, 0) is 0 Å². The van der Waals surface area contributed by atoms with Crippen LogP contribution >= 0.6 is 11.3 Å². The number of benzene rings is 1. The molecule has 102 valence electrons. The molecular formula is C17H23NS. The number of nitrogens with one attached hydrogen (secondary N) is 1. The summed E-state index contributed by atoms with van der Waals surface area (Å²) >= 11 is 1.85. The number of thiophene rings is 1. The van der Waals surface area contributed by atoms with Gasteiger partial charge >= 0.3 is 0 Å². The number of rotatable bonds is 6. The van der Waals surface area contributed by atoms with Gasteiger partial charge in [0.15, 0.2) is 0 Å². The highest BCUT2D eigenvalue weighted by Crippen LogP contribution is 2.26. The molecule has 19 heavy (non-hydrogen) atoms. The predicted octanol–water partition coefficient (Wildman–Crippen LogP) is 5.25. The van der Waals surface area contributed by atoms with Crippen molar-refractivity contribution in [1.29, 1.82) is 0 Å². The molecule has 0 fully saturated rings. The van der Waals surface area contributed by atoms with Crippen molar-refractivity contribution in [3.8, 4) is 0 Å². The molecule has 2 aromatic rings. The lowest BCUT2D eigenvalue weighted by Gasteiger charge is -2.22. The van der Waals surface area contributed by atoms with E-state index in [1.807, 2.05) is 11.3 Å². The van der Waals surface area contributed by atoms with Crippen molar-refractivity contribution in [3.63, 3.8) is 0 Å². The molecular weight excluding hydrogens is 250 g/mol. The van der Waals surface area contributed by atoms with Crippen LogP contribution in [0.1, 0.15) is 54.8 Å². The Kier molecular flexibility index (Phi) is 5.17. The lowest BCUT2D eigenvalue weighted by molar-refractivity contribution is 0.445. The molecule has 2 unspecified atom stereocenters. The highest BCUT2D eigenvalue weighted by molar-refractivity contribution is 7.10. The molecule has 2 heteroatoms. The first-order valence-electron chi connectivity index (χ1n) is 7.06. The Morgan fingerprint density at radius 3 is 2.47 bits per heavy atom. The van der Waals surface area contributed by atoms with Crippen LogP contribution in [0.3, 0.4) is 0 Å². The van der Waals surface area contributed by atoms with Gasteiger partial charge in [0.25, 0.3) is 0 Å². The minimum atomic E-state index is 0.388. The molecule has 0 aliphatic heterocycles. The van der Waals surface area contributed by atoms with Crippen LogP contribution in [0.15, 0.2) is 41.8 Å². The van der Waals surface area contributed by atoms with Crippen LogP contribution in [-0.4, -0.2) is 0 Å². The smallest absolute Gasteiger partial charge is 0.0419 e. The molecule has 0 saturated carbocycles.